The van der Waals surface area contributed by atoms with Crippen molar-refractivity contribution >= 4 is 34.8 Å². The van der Waals surface area contributed by atoms with Crippen molar-refractivity contribution in [1.82, 2.24) is 5.32 Å². The lowest BCUT2D eigenvalue weighted by atomic mass is 10.1. The summed E-state index contributed by atoms with van der Waals surface area (Å²) in [7, 11) is 0. The third-order valence-corrected chi connectivity index (χ3v) is 5.51. The standard InChI is InChI=1S/C24H23Cl3FNO2/c1-2-30-23-13-17(14-29-11-10-16-6-8-18(25)9-7-16)12-21(27)24(23)31-15-19-20(26)4-3-5-22(19)28/h3-9,12-13,29H,2,10-11,14-15H2,1H3. The van der Waals surface area contributed by atoms with Crippen molar-refractivity contribution < 1.29 is 13.9 Å². The summed E-state index contributed by atoms with van der Waals surface area (Å²) in [6, 6.07) is 16.0. The lowest BCUT2D eigenvalue weighted by Gasteiger charge is -2.16. The van der Waals surface area contributed by atoms with E-state index >= 15 is 0 Å². The predicted octanol–water partition coefficient (Wildman–Crippen LogP) is 7.10. The van der Waals surface area contributed by atoms with Gasteiger partial charge in [-0.05, 0) is 67.4 Å². The molecular weight excluding hydrogens is 460 g/mol. The molecule has 0 aliphatic heterocycles. The summed E-state index contributed by atoms with van der Waals surface area (Å²) in [4.78, 5) is 0. The molecule has 31 heavy (non-hydrogen) atoms. The molecule has 0 aromatic heterocycles. The topological polar surface area (TPSA) is 30.5 Å². The van der Waals surface area contributed by atoms with Crippen LogP contribution in [0.25, 0.3) is 0 Å². The second kappa shape index (κ2) is 11.6. The Morgan fingerprint density at radius 3 is 2.39 bits per heavy atom. The van der Waals surface area contributed by atoms with Crippen LogP contribution in [-0.4, -0.2) is 13.2 Å². The summed E-state index contributed by atoms with van der Waals surface area (Å²) >= 11 is 18.5. The highest BCUT2D eigenvalue weighted by Crippen LogP contribution is 2.37. The van der Waals surface area contributed by atoms with Gasteiger partial charge in [0, 0.05) is 17.1 Å². The van der Waals surface area contributed by atoms with Gasteiger partial charge in [-0.25, -0.2) is 4.39 Å². The smallest absolute Gasteiger partial charge is 0.180 e. The Balaban J connectivity index is 1.64. The fraction of sp³-hybridized carbons (Fsp3) is 0.250. The molecule has 0 aliphatic rings. The fourth-order valence-corrected chi connectivity index (χ4v) is 3.69. The predicted molar refractivity (Wildman–Crippen MR) is 125 cm³/mol. The third-order valence-electron chi connectivity index (χ3n) is 4.62. The van der Waals surface area contributed by atoms with E-state index in [2.05, 4.69) is 5.32 Å². The first-order chi connectivity index (χ1) is 15.0. The zero-order valence-electron chi connectivity index (χ0n) is 17.1. The lowest BCUT2D eigenvalue weighted by Crippen LogP contribution is -2.17. The van der Waals surface area contributed by atoms with Crippen LogP contribution < -0.4 is 14.8 Å². The molecule has 3 nitrogen and oxygen atoms in total. The van der Waals surface area contributed by atoms with Crippen molar-refractivity contribution in [2.45, 2.75) is 26.5 Å². The maximum atomic E-state index is 14.0. The number of rotatable bonds is 10. The van der Waals surface area contributed by atoms with E-state index in [-0.39, 0.29) is 12.2 Å². The van der Waals surface area contributed by atoms with Gasteiger partial charge in [-0.1, -0.05) is 53.0 Å². The molecule has 0 spiro atoms. The molecule has 3 rings (SSSR count). The first-order valence-electron chi connectivity index (χ1n) is 9.94. The number of nitrogens with one attached hydrogen (secondary N) is 1. The maximum absolute atomic E-state index is 14.0. The van der Waals surface area contributed by atoms with Crippen LogP contribution in [0.5, 0.6) is 11.5 Å². The SMILES string of the molecule is CCOc1cc(CNCCc2ccc(Cl)cc2)cc(Cl)c1OCc1c(F)cccc1Cl. The Bertz CT molecular complexity index is 992. The number of ether oxygens (including phenoxy) is 2. The van der Waals surface area contributed by atoms with E-state index in [0.29, 0.717) is 34.7 Å². The highest BCUT2D eigenvalue weighted by Gasteiger charge is 2.15. The Hall–Kier alpha value is -1.98. The first-order valence-corrected chi connectivity index (χ1v) is 11.1. The molecule has 0 saturated carbocycles. The second-order valence-corrected chi connectivity index (χ2v) is 8.13. The minimum absolute atomic E-state index is 0.0516. The summed E-state index contributed by atoms with van der Waals surface area (Å²) in [5, 5.41) is 4.83. The average Bonchev–Trinajstić information content (AvgIpc) is 2.74. The summed E-state index contributed by atoms with van der Waals surface area (Å²) in [6.45, 7) is 3.69. The Morgan fingerprint density at radius 1 is 0.903 bits per heavy atom. The van der Waals surface area contributed by atoms with Crippen molar-refractivity contribution in [1.29, 1.82) is 0 Å². The first kappa shape index (κ1) is 23.7. The van der Waals surface area contributed by atoms with Crippen LogP contribution in [0.4, 0.5) is 4.39 Å². The van der Waals surface area contributed by atoms with Gasteiger partial charge in [-0.2, -0.15) is 0 Å². The van der Waals surface area contributed by atoms with E-state index in [0.717, 1.165) is 23.6 Å². The average molecular weight is 483 g/mol. The van der Waals surface area contributed by atoms with Gasteiger partial charge in [0.1, 0.15) is 12.4 Å². The molecule has 0 atom stereocenters. The van der Waals surface area contributed by atoms with E-state index in [4.69, 9.17) is 44.3 Å². The molecule has 3 aromatic rings. The fourth-order valence-electron chi connectivity index (χ4n) is 3.06. The van der Waals surface area contributed by atoms with Gasteiger partial charge in [0.2, 0.25) is 0 Å². The van der Waals surface area contributed by atoms with Crippen molar-refractivity contribution in [3.05, 3.63) is 92.2 Å². The molecule has 0 radical (unpaired) electrons. The molecule has 3 aromatic carbocycles. The zero-order chi connectivity index (χ0) is 22.2. The van der Waals surface area contributed by atoms with Gasteiger partial charge in [-0.3, -0.25) is 0 Å². The van der Waals surface area contributed by atoms with Crippen LogP contribution in [-0.2, 0) is 19.6 Å². The van der Waals surface area contributed by atoms with Crippen molar-refractivity contribution in [3.63, 3.8) is 0 Å². The Morgan fingerprint density at radius 2 is 1.68 bits per heavy atom. The molecule has 0 unspecified atom stereocenters. The second-order valence-electron chi connectivity index (χ2n) is 6.88. The molecule has 0 aliphatic carbocycles. The van der Waals surface area contributed by atoms with E-state index in [1.54, 1.807) is 12.1 Å². The summed E-state index contributed by atoms with van der Waals surface area (Å²) < 4.78 is 25.6. The van der Waals surface area contributed by atoms with E-state index in [1.807, 2.05) is 43.3 Å². The van der Waals surface area contributed by atoms with Gasteiger partial charge < -0.3 is 14.8 Å². The zero-order valence-corrected chi connectivity index (χ0v) is 19.3. The van der Waals surface area contributed by atoms with E-state index in [1.165, 1.54) is 11.6 Å². The largest absolute Gasteiger partial charge is 0.490 e. The third kappa shape index (κ3) is 6.75. The minimum atomic E-state index is -0.428. The van der Waals surface area contributed by atoms with E-state index in [9.17, 15) is 4.39 Å². The lowest BCUT2D eigenvalue weighted by molar-refractivity contribution is 0.266. The van der Waals surface area contributed by atoms with Gasteiger partial charge in [0.05, 0.1) is 16.7 Å². The van der Waals surface area contributed by atoms with Crippen molar-refractivity contribution in [2.24, 2.45) is 0 Å². The molecule has 1 N–H and O–H groups in total. The number of benzene rings is 3. The van der Waals surface area contributed by atoms with Gasteiger partial charge in [-0.15, -0.1) is 0 Å². The highest BCUT2D eigenvalue weighted by atomic mass is 35.5. The van der Waals surface area contributed by atoms with Crippen LogP contribution in [0.2, 0.25) is 15.1 Å². The van der Waals surface area contributed by atoms with Gasteiger partial charge in [0.25, 0.3) is 0 Å². The number of halogens is 4. The van der Waals surface area contributed by atoms with Crippen molar-refractivity contribution in [2.75, 3.05) is 13.2 Å². The monoisotopic (exact) mass is 481 g/mol. The van der Waals surface area contributed by atoms with Crippen LogP contribution in [0.3, 0.4) is 0 Å². The highest BCUT2D eigenvalue weighted by molar-refractivity contribution is 6.32. The Labute approximate surface area is 197 Å². The minimum Gasteiger partial charge on any atom is -0.490 e. The molecule has 164 valence electrons. The molecule has 0 bridgehead atoms. The maximum Gasteiger partial charge on any atom is 0.180 e. The van der Waals surface area contributed by atoms with Crippen LogP contribution in [0, 0.1) is 5.82 Å². The molecule has 0 amide bonds. The number of hydrogen-bond acceptors (Lipinski definition) is 3. The summed E-state index contributed by atoms with van der Waals surface area (Å²) in [5.74, 6) is 0.452. The molecule has 0 saturated heterocycles. The molecule has 7 heteroatoms. The van der Waals surface area contributed by atoms with Crippen LogP contribution in [0.1, 0.15) is 23.6 Å². The molecular formula is C24H23Cl3FNO2. The molecule has 0 fully saturated rings. The number of hydrogen-bond donors (Lipinski definition) is 1. The molecule has 0 heterocycles. The van der Waals surface area contributed by atoms with Gasteiger partial charge >= 0.3 is 0 Å². The van der Waals surface area contributed by atoms with Gasteiger partial charge in [0.15, 0.2) is 11.5 Å². The summed E-state index contributed by atoms with van der Waals surface area (Å²) in [6.07, 6.45) is 0.883. The normalized spacial score (nSPS) is 10.9. The summed E-state index contributed by atoms with van der Waals surface area (Å²) in [5.41, 5.74) is 2.44. The Kier molecular flexibility index (Phi) is 8.85. The van der Waals surface area contributed by atoms with Crippen LogP contribution >= 0.6 is 34.8 Å². The quantitative estimate of drug-likeness (QED) is 0.313. The van der Waals surface area contributed by atoms with Crippen molar-refractivity contribution in [3.8, 4) is 11.5 Å². The van der Waals surface area contributed by atoms with Crippen LogP contribution in [0.15, 0.2) is 54.6 Å². The van der Waals surface area contributed by atoms with E-state index < -0.39 is 5.82 Å².